The van der Waals surface area contributed by atoms with E-state index in [2.05, 4.69) is 26.5 Å². The Morgan fingerprint density at radius 2 is 2.07 bits per heavy atom. The van der Waals surface area contributed by atoms with Crippen molar-refractivity contribution in [2.24, 2.45) is 0 Å². The van der Waals surface area contributed by atoms with Crippen LogP contribution >= 0.6 is 0 Å². The lowest BCUT2D eigenvalue weighted by molar-refractivity contribution is -0.0104. The molecular formula is C12H20O2. The minimum Gasteiger partial charge on any atom is -0.495 e. The minimum atomic E-state index is 0.319. The van der Waals surface area contributed by atoms with Crippen LogP contribution < -0.4 is 0 Å². The molecule has 0 aliphatic carbocycles. The van der Waals surface area contributed by atoms with Gasteiger partial charge in [0.2, 0.25) is 0 Å². The molecule has 1 saturated heterocycles. The van der Waals surface area contributed by atoms with E-state index in [1.807, 2.05) is 6.92 Å². The van der Waals surface area contributed by atoms with Crippen LogP contribution in [0.4, 0.5) is 0 Å². The fraction of sp³-hybridized carbons (Fsp3) is 0.667. The largest absolute Gasteiger partial charge is 0.495 e. The Balaban J connectivity index is 2.53. The lowest BCUT2D eigenvalue weighted by atomic mass is 9.98. The Hall–Kier alpha value is -0.760. The summed E-state index contributed by atoms with van der Waals surface area (Å²) in [5.74, 6) is 0.767. The highest BCUT2D eigenvalue weighted by Gasteiger charge is 2.18. The van der Waals surface area contributed by atoms with Crippen LogP contribution in [-0.4, -0.2) is 18.8 Å². The molecule has 0 radical (unpaired) electrons. The smallest absolute Gasteiger partial charge is 0.112 e. The average molecular weight is 196 g/mol. The highest BCUT2D eigenvalue weighted by molar-refractivity contribution is 5.18. The van der Waals surface area contributed by atoms with Crippen molar-refractivity contribution in [2.45, 2.75) is 45.8 Å². The molecule has 14 heavy (non-hydrogen) atoms. The molecule has 0 aromatic heterocycles. The van der Waals surface area contributed by atoms with E-state index in [0.29, 0.717) is 18.8 Å². The predicted octanol–water partition coefficient (Wildman–Crippen LogP) is 3.05. The molecular weight excluding hydrogens is 176 g/mol. The summed E-state index contributed by atoms with van der Waals surface area (Å²) < 4.78 is 10.9. The van der Waals surface area contributed by atoms with Gasteiger partial charge in [-0.3, -0.25) is 0 Å². The summed E-state index contributed by atoms with van der Waals surface area (Å²) in [5.41, 5.74) is 1.38. The van der Waals surface area contributed by atoms with Gasteiger partial charge in [-0.15, -0.1) is 0 Å². The normalized spacial score (nSPS) is 30.4. The zero-order valence-electron chi connectivity index (χ0n) is 9.38. The van der Waals surface area contributed by atoms with Crippen LogP contribution in [0.25, 0.3) is 0 Å². The number of allylic oxidation sites excluding steroid dienone is 1. The fourth-order valence-electron chi connectivity index (χ4n) is 1.89. The number of hydrogen-bond acceptors (Lipinski definition) is 2. The predicted molar refractivity (Wildman–Crippen MR) is 58.1 cm³/mol. The summed E-state index contributed by atoms with van der Waals surface area (Å²) in [4.78, 5) is 0. The lowest BCUT2D eigenvalue weighted by Crippen LogP contribution is -2.24. The van der Waals surface area contributed by atoms with Crippen LogP contribution in [0.15, 0.2) is 24.0 Å². The van der Waals surface area contributed by atoms with Crippen LogP contribution in [0.3, 0.4) is 0 Å². The Bertz CT molecular complexity index is 218. The lowest BCUT2D eigenvalue weighted by Gasteiger charge is -2.27. The topological polar surface area (TPSA) is 18.5 Å². The molecule has 0 N–H and O–H groups in total. The molecule has 0 spiro atoms. The second kappa shape index (κ2) is 5.20. The standard InChI is InChI=1S/C12H20O2/c1-5-13-9(2)6-12-7-10(3)14-11(4)8-12/h6,10-11H,2,5,7-8H2,1,3-4H3/t10-,11?/m1/s1. The minimum absolute atomic E-state index is 0.319. The van der Waals surface area contributed by atoms with Gasteiger partial charge < -0.3 is 9.47 Å². The summed E-state index contributed by atoms with van der Waals surface area (Å²) in [6, 6.07) is 0. The highest BCUT2D eigenvalue weighted by atomic mass is 16.5. The Labute approximate surface area is 86.6 Å². The van der Waals surface area contributed by atoms with E-state index in [1.54, 1.807) is 0 Å². The molecule has 0 aromatic rings. The van der Waals surface area contributed by atoms with E-state index >= 15 is 0 Å². The van der Waals surface area contributed by atoms with Gasteiger partial charge in [0.05, 0.1) is 18.8 Å². The first-order chi connectivity index (χ1) is 6.61. The van der Waals surface area contributed by atoms with E-state index in [-0.39, 0.29) is 0 Å². The van der Waals surface area contributed by atoms with Gasteiger partial charge >= 0.3 is 0 Å². The van der Waals surface area contributed by atoms with Crippen molar-refractivity contribution < 1.29 is 9.47 Å². The summed E-state index contributed by atoms with van der Waals surface area (Å²) >= 11 is 0. The third-order valence-corrected chi connectivity index (χ3v) is 2.26. The molecule has 0 bridgehead atoms. The Kier molecular flexibility index (Phi) is 4.21. The van der Waals surface area contributed by atoms with Crippen molar-refractivity contribution in [3.8, 4) is 0 Å². The average Bonchev–Trinajstić information content (AvgIpc) is 2.01. The number of rotatable bonds is 3. The Morgan fingerprint density at radius 3 is 2.57 bits per heavy atom. The van der Waals surface area contributed by atoms with Crippen LogP contribution in [0.2, 0.25) is 0 Å². The van der Waals surface area contributed by atoms with E-state index < -0.39 is 0 Å². The van der Waals surface area contributed by atoms with Crippen molar-refractivity contribution in [3.63, 3.8) is 0 Å². The molecule has 0 saturated carbocycles. The molecule has 2 atom stereocenters. The second-order valence-electron chi connectivity index (χ2n) is 3.87. The number of ether oxygens (including phenoxy) is 2. The van der Waals surface area contributed by atoms with Crippen molar-refractivity contribution in [2.75, 3.05) is 6.61 Å². The van der Waals surface area contributed by atoms with Gasteiger partial charge in [-0.2, -0.15) is 0 Å². The zero-order chi connectivity index (χ0) is 10.6. The van der Waals surface area contributed by atoms with Crippen molar-refractivity contribution in [1.82, 2.24) is 0 Å². The third-order valence-electron chi connectivity index (χ3n) is 2.26. The van der Waals surface area contributed by atoms with Crippen LogP contribution in [-0.2, 0) is 9.47 Å². The van der Waals surface area contributed by atoms with Crippen molar-refractivity contribution in [1.29, 1.82) is 0 Å². The zero-order valence-corrected chi connectivity index (χ0v) is 9.38. The van der Waals surface area contributed by atoms with Gasteiger partial charge in [0, 0.05) is 0 Å². The van der Waals surface area contributed by atoms with Gasteiger partial charge in [-0.05, 0) is 39.7 Å². The molecule has 2 heteroatoms. The SMILES string of the molecule is C=C(C=C1CC(C)O[C@H](C)C1)OCC. The van der Waals surface area contributed by atoms with E-state index in [9.17, 15) is 0 Å². The van der Waals surface area contributed by atoms with Gasteiger partial charge in [0.1, 0.15) is 5.76 Å². The van der Waals surface area contributed by atoms with Crippen molar-refractivity contribution in [3.05, 3.63) is 24.0 Å². The summed E-state index contributed by atoms with van der Waals surface area (Å²) in [6.07, 6.45) is 4.69. The molecule has 0 aromatic carbocycles. The molecule has 1 heterocycles. The first-order valence-electron chi connectivity index (χ1n) is 5.28. The summed E-state index contributed by atoms with van der Waals surface area (Å²) in [6.45, 7) is 10.7. The van der Waals surface area contributed by atoms with Gasteiger partial charge in [0.25, 0.3) is 0 Å². The van der Waals surface area contributed by atoms with Crippen LogP contribution in [0.5, 0.6) is 0 Å². The molecule has 1 aliphatic rings. The fourth-order valence-corrected chi connectivity index (χ4v) is 1.89. The van der Waals surface area contributed by atoms with Crippen LogP contribution in [0, 0.1) is 0 Å². The summed E-state index contributed by atoms with van der Waals surface area (Å²) in [7, 11) is 0. The van der Waals surface area contributed by atoms with Crippen molar-refractivity contribution >= 4 is 0 Å². The molecule has 2 nitrogen and oxygen atoms in total. The van der Waals surface area contributed by atoms with Gasteiger partial charge in [-0.25, -0.2) is 0 Å². The maximum atomic E-state index is 5.65. The number of hydrogen-bond donors (Lipinski definition) is 0. The first-order valence-corrected chi connectivity index (χ1v) is 5.28. The maximum Gasteiger partial charge on any atom is 0.112 e. The van der Waals surface area contributed by atoms with Gasteiger partial charge in [0.15, 0.2) is 0 Å². The Morgan fingerprint density at radius 1 is 1.50 bits per heavy atom. The third kappa shape index (κ3) is 3.54. The maximum absolute atomic E-state index is 5.65. The molecule has 1 unspecified atom stereocenters. The van der Waals surface area contributed by atoms with Gasteiger partial charge in [-0.1, -0.05) is 12.2 Å². The summed E-state index contributed by atoms with van der Waals surface area (Å²) in [5, 5.41) is 0. The van der Waals surface area contributed by atoms with Crippen LogP contribution in [0.1, 0.15) is 33.6 Å². The van der Waals surface area contributed by atoms with E-state index in [0.717, 1.165) is 18.6 Å². The molecule has 0 amide bonds. The quantitative estimate of drug-likeness (QED) is 0.646. The first kappa shape index (κ1) is 11.3. The molecule has 1 aliphatic heterocycles. The highest BCUT2D eigenvalue weighted by Crippen LogP contribution is 2.24. The van der Waals surface area contributed by atoms with E-state index in [4.69, 9.17) is 9.47 Å². The molecule has 1 fully saturated rings. The second-order valence-corrected chi connectivity index (χ2v) is 3.87. The molecule has 1 rings (SSSR count). The monoisotopic (exact) mass is 196 g/mol. The van der Waals surface area contributed by atoms with E-state index in [1.165, 1.54) is 5.57 Å². The molecule has 80 valence electrons.